The minimum atomic E-state index is -1.49. The quantitative estimate of drug-likeness (QED) is 0.0848. The Kier molecular flexibility index (Phi) is 20.4. The summed E-state index contributed by atoms with van der Waals surface area (Å²) in [5.41, 5.74) is 0. The summed E-state index contributed by atoms with van der Waals surface area (Å²) in [5.74, 6) is -2.04. The van der Waals surface area contributed by atoms with Crippen molar-refractivity contribution < 1.29 is 42.9 Å². The number of carboxylic acid groups (broad SMARTS) is 1. The second kappa shape index (κ2) is 21.4. The second-order valence-electron chi connectivity index (χ2n) is 10.4. The van der Waals surface area contributed by atoms with Crippen LogP contribution in [-0.4, -0.2) is 87.4 Å². The Balaban J connectivity index is 4.72. The van der Waals surface area contributed by atoms with Crippen LogP contribution in [0.5, 0.6) is 0 Å². The summed E-state index contributed by atoms with van der Waals surface area (Å²) in [5, 5.41) is 9.43. The molecule has 0 saturated heterocycles. The van der Waals surface area contributed by atoms with Crippen LogP contribution in [0.4, 0.5) is 0 Å². The number of carboxylic acids is 1. The van der Waals surface area contributed by atoms with Crippen molar-refractivity contribution in [2.75, 3.05) is 47.5 Å². The molecule has 0 radical (unpaired) electrons. The Bertz CT molecular complexity index is 591. The van der Waals surface area contributed by atoms with E-state index in [2.05, 4.69) is 13.8 Å². The molecule has 0 bridgehead atoms. The molecule has 212 valence electrons. The molecule has 0 aliphatic heterocycles. The molecule has 36 heavy (non-hydrogen) atoms. The zero-order chi connectivity index (χ0) is 27.2. The normalized spacial score (nSPS) is 13.2. The van der Waals surface area contributed by atoms with E-state index >= 15 is 0 Å². The summed E-state index contributed by atoms with van der Waals surface area (Å²) < 4.78 is 22.2. The lowest BCUT2D eigenvalue weighted by Crippen LogP contribution is -2.40. The lowest BCUT2D eigenvalue weighted by Gasteiger charge is -2.25. The molecular weight excluding hydrogens is 466 g/mol. The van der Waals surface area contributed by atoms with Gasteiger partial charge >= 0.3 is 17.9 Å². The van der Waals surface area contributed by atoms with Crippen molar-refractivity contribution in [2.45, 2.75) is 110 Å². The van der Waals surface area contributed by atoms with Gasteiger partial charge in [0.15, 0.2) is 6.10 Å². The Morgan fingerprint density at radius 2 is 1.25 bits per heavy atom. The van der Waals surface area contributed by atoms with Crippen molar-refractivity contribution in [1.82, 2.24) is 0 Å². The van der Waals surface area contributed by atoms with E-state index < -0.39 is 24.3 Å². The fraction of sp³-hybridized carbons (Fsp3) is 0.889. The lowest BCUT2D eigenvalue weighted by molar-refractivity contribution is -0.870. The molecule has 0 heterocycles. The highest BCUT2D eigenvalue weighted by molar-refractivity contribution is 5.71. The minimum absolute atomic E-state index is 0.179. The van der Waals surface area contributed by atoms with Gasteiger partial charge in [-0.2, -0.15) is 0 Å². The van der Waals surface area contributed by atoms with Gasteiger partial charge in [0, 0.05) is 12.8 Å². The average Bonchev–Trinajstić information content (AvgIpc) is 2.80. The number of carbonyl (C=O) groups is 3. The molecule has 2 atom stereocenters. The van der Waals surface area contributed by atoms with Crippen molar-refractivity contribution in [3.63, 3.8) is 0 Å². The zero-order valence-electron chi connectivity index (χ0n) is 23.4. The minimum Gasteiger partial charge on any atom is -0.477 e. The fourth-order valence-electron chi connectivity index (χ4n) is 3.36. The summed E-state index contributed by atoms with van der Waals surface area (Å²) in [7, 11) is 5.91. The van der Waals surface area contributed by atoms with Gasteiger partial charge in [-0.1, -0.05) is 71.6 Å². The van der Waals surface area contributed by atoms with Crippen LogP contribution in [0.1, 0.15) is 97.3 Å². The first-order chi connectivity index (χ1) is 17.1. The average molecular weight is 519 g/mol. The number of hydrogen-bond acceptors (Lipinski definition) is 7. The van der Waals surface area contributed by atoms with Gasteiger partial charge < -0.3 is 28.5 Å². The van der Waals surface area contributed by atoms with Gasteiger partial charge in [-0.3, -0.25) is 9.59 Å². The van der Waals surface area contributed by atoms with Gasteiger partial charge in [0.05, 0.1) is 34.4 Å². The second-order valence-corrected chi connectivity index (χ2v) is 10.4. The Morgan fingerprint density at radius 3 is 1.78 bits per heavy atom. The van der Waals surface area contributed by atoms with Gasteiger partial charge in [0.1, 0.15) is 13.2 Å². The largest absolute Gasteiger partial charge is 0.477 e. The number of rotatable bonds is 24. The first kappa shape index (κ1) is 34.3. The van der Waals surface area contributed by atoms with E-state index in [9.17, 15) is 19.5 Å². The molecule has 0 rings (SSSR count). The van der Waals surface area contributed by atoms with Crippen LogP contribution in [0.25, 0.3) is 0 Å². The van der Waals surface area contributed by atoms with E-state index in [1.807, 2.05) is 21.1 Å². The molecule has 2 unspecified atom stereocenters. The highest BCUT2D eigenvalue weighted by atomic mass is 16.7. The van der Waals surface area contributed by atoms with Crippen molar-refractivity contribution in [1.29, 1.82) is 0 Å². The smallest absolute Gasteiger partial charge is 0.361 e. The first-order valence-electron chi connectivity index (χ1n) is 13.7. The maximum absolute atomic E-state index is 12.4. The van der Waals surface area contributed by atoms with E-state index in [1.54, 1.807) is 0 Å². The number of aliphatic carboxylic acids is 1. The fourth-order valence-corrected chi connectivity index (χ4v) is 3.36. The summed E-state index contributed by atoms with van der Waals surface area (Å²) in [6.45, 7) is 4.65. The number of esters is 2. The molecule has 0 aromatic heterocycles. The van der Waals surface area contributed by atoms with Crippen LogP contribution in [0.2, 0.25) is 0 Å². The van der Waals surface area contributed by atoms with Gasteiger partial charge in [-0.05, 0) is 12.8 Å². The molecule has 1 N–H and O–H groups in total. The van der Waals surface area contributed by atoms with E-state index in [1.165, 1.54) is 6.42 Å². The molecular formula is C27H52NO8+. The number of unbranched alkanes of at least 4 members (excludes halogenated alkanes) is 9. The van der Waals surface area contributed by atoms with E-state index in [0.29, 0.717) is 17.4 Å². The zero-order valence-corrected chi connectivity index (χ0v) is 23.4. The third-order valence-corrected chi connectivity index (χ3v) is 5.61. The number of likely N-dealkylation sites (N-methyl/N-ethyl adjacent to an activating group) is 1. The molecule has 0 aliphatic carbocycles. The summed E-state index contributed by atoms with van der Waals surface area (Å²) in [6.07, 6.45) is 9.50. The third-order valence-electron chi connectivity index (χ3n) is 5.61. The van der Waals surface area contributed by atoms with Crippen LogP contribution in [0.3, 0.4) is 0 Å². The monoisotopic (exact) mass is 518 g/mol. The molecule has 0 aromatic rings. The Morgan fingerprint density at radius 1 is 0.722 bits per heavy atom. The molecule has 0 saturated carbocycles. The van der Waals surface area contributed by atoms with Gasteiger partial charge in [-0.15, -0.1) is 0 Å². The summed E-state index contributed by atoms with van der Waals surface area (Å²) in [6, 6.07) is 0. The molecule has 9 heteroatoms. The molecule has 0 aromatic carbocycles. The number of quaternary nitrogens is 1. The maximum atomic E-state index is 12.4. The topological polar surface area (TPSA) is 108 Å². The van der Waals surface area contributed by atoms with Crippen LogP contribution in [0, 0.1) is 0 Å². The number of hydrogen-bond donors (Lipinski definition) is 1. The van der Waals surface area contributed by atoms with Gasteiger partial charge in [0.25, 0.3) is 6.29 Å². The van der Waals surface area contributed by atoms with Gasteiger partial charge in [-0.25, -0.2) is 4.79 Å². The number of ether oxygens (including phenoxy) is 4. The van der Waals surface area contributed by atoms with Crippen LogP contribution >= 0.6 is 0 Å². The van der Waals surface area contributed by atoms with Crippen molar-refractivity contribution in [2.24, 2.45) is 0 Å². The van der Waals surface area contributed by atoms with E-state index in [0.717, 1.165) is 64.2 Å². The standard InChI is InChI=1S/C27H51NO8/c1-6-8-10-12-14-16-18-25(30)36-23(21-34-24(29)17-15-13-11-9-7-2)22-35-27(26(31)32)33-20-19-28(3,4)5/h23,27H,6-22H2,1-5H3/p+1. The van der Waals surface area contributed by atoms with Crippen LogP contribution < -0.4 is 0 Å². The first-order valence-corrected chi connectivity index (χ1v) is 13.7. The molecule has 0 aliphatic rings. The maximum Gasteiger partial charge on any atom is 0.361 e. The van der Waals surface area contributed by atoms with Crippen molar-refractivity contribution in [3.8, 4) is 0 Å². The van der Waals surface area contributed by atoms with Crippen molar-refractivity contribution >= 4 is 17.9 Å². The van der Waals surface area contributed by atoms with Crippen LogP contribution in [-0.2, 0) is 33.3 Å². The van der Waals surface area contributed by atoms with E-state index in [-0.39, 0.29) is 32.2 Å². The highest BCUT2D eigenvalue weighted by Gasteiger charge is 2.25. The highest BCUT2D eigenvalue weighted by Crippen LogP contribution is 2.10. The molecule has 9 nitrogen and oxygen atoms in total. The predicted molar refractivity (Wildman–Crippen MR) is 138 cm³/mol. The lowest BCUT2D eigenvalue weighted by atomic mass is 10.1. The van der Waals surface area contributed by atoms with Crippen LogP contribution in [0.15, 0.2) is 0 Å². The van der Waals surface area contributed by atoms with E-state index in [4.69, 9.17) is 18.9 Å². The van der Waals surface area contributed by atoms with Gasteiger partial charge in [0.2, 0.25) is 0 Å². The SMILES string of the molecule is CCCCCCCCC(=O)OC(COC(=O)CCCCCCC)COC(OCC[N+](C)(C)C)C(=O)O. The predicted octanol–water partition coefficient (Wildman–Crippen LogP) is 4.70. The molecule has 0 amide bonds. The molecule has 0 spiro atoms. The number of carbonyl (C=O) groups excluding carboxylic acids is 2. The summed E-state index contributed by atoms with van der Waals surface area (Å²) >= 11 is 0. The van der Waals surface area contributed by atoms with Crippen molar-refractivity contribution in [3.05, 3.63) is 0 Å². The number of nitrogens with zero attached hydrogens (tertiary/aromatic N) is 1. The Labute approximate surface area is 218 Å². The Hall–Kier alpha value is -1.71. The molecule has 0 fully saturated rings. The summed E-state index contributed by atoms with van der Waals surface area (Å²) in [4.78, 5) is 36.0. The third kappa shape index (κ3) is 21.6.